The number of rotatable bonds is 2. The van der Waals surface area contributed by atoms with Gasteiger partial charge in [0.15, 0.2) is 0 Å². The molecule has 1 aliphatic heterocycles. The summed E-state index contributed by atoms with van der Waals surface area (Å²) in [6.45, 7) is 5.20. The third-order valence-electron chi connectivity index (χ3n) is 3.52. The number of anilines is 1. The highest BCUT2D eigenvalue weighted by Crippen LogP contribution is 2.36. The predicted octanol–water partition coefficient (Wildman–Crippen LogP) is 3.50. The van der Waals surface area contributed by atoms with Crippen molar-refractivity contribution >= 4 is 43.2 Å². The van der Waals surface area contributed by atoms with Crippen LogP contribution in [0.5, 0.6) is 0 Å². The fourth-order valence-corrected chi connectivity index (χ4v) is 5.41. The summed E-state index contributed by atoms with van der Waals surface area (Å²) in [4.78, 5) is 0.139. The molecule has 1 fully saturated rings. The first-order valence-corrected chi connectivity index (χ1v) is 8.99. The van der Waals surface area contributed by atoms with Crippen LogP contribution in [0.1, 0.15) is 26.7 Å². The van der Waals surface area contributed by atoms with E-state index in [-0.39, 0.29) is 10.3 Å². The van der Waals surface area contributed by atoms with Gasteiger partial charge in [-0.05, 0) is 46.3 Å². The van der Waals surface area contributed by atoms with E-state index in [9.17, 15) is 8.42 Å². The Morgan fingerprint density at radius 1 is 1.40 bits per heavy atom. The van der Waals surface area contributed by atoms with Crippen molar-refractivity contribution in [3.05, 3.63) is 21.6 Å². The van der Waals surface area contributed by atoms with Gasteiger partial charge in [-0.1, -0.05) is 25.4 Å². The fraction of sp³-hybridized carbons (Fsp3) is 0.538. The number of nitrogens with two attached hydrogens (primary N) is 1. The van der Waals surface area contributed by atoms with Crippen molar-refractivity contribution < 1.29 is 8.42 Å². The molecule has 1 aliphatic rings. The lowest BCUT2D eigenvalue weighted by atomic mass is 9.85. The number of piperidine rings is 1. The van der Waals surface area contributed by atoms with Gasteiger partial charge in [-0.3, -0.25) is 0 Å². The van der Waals surface area contributed by atoms with Gasteiger partial charge in [0.1, 0.15) is 0 Å². The molecule has 1 aromatic carbocycles. The molecule has 0 saturated carbocycles. The van der Waals surface area contributed by atoms with E-state index < -0.39 is 10.0 Å². The Labute approximate surface area is 133 Å². The second-order valence-electron chi connectivity index (χ2n) is 5.91. The van der Waals surface area contributed by atoms with E-state index in [1.54, 1.807) is 0 Å². The normalized spacial score (nSPS) is 20.0. The van der Waals surface area contributed by atoms with Gasteiger partial charge in [-0.15, -0.1) is 0 Å². The SMILES string of the molecule is CC1(C)CCCN(S(=O)(=O)c2cc(Cl)cc(N)c2Br)C1. The number of hydrogen-bond acceptors (Lipinski definition) is 3. The minimum absolute atomic E-state index is 0.0120. The largest absolute Gasteiger partial charge is 0.398 e. The van der Waals surface area contributed by atoms with Crippen molar-refractivity contribution in [2.75, 3.05) is 18.8 Å². The van der Waals surface area contributed by atoms with Crippen LogP contribution >= 0.6 is 27.5 Å². The molecule has 0 aromatic heterocycles. The quantitative estimate of drug-likeness (QED) is 0.798. The lowest BCUT2D eigenvalue weighted by molar-refractivity contribution is 0.187. The van der Waals surface area contributed by atoms with E-state index in [1.165, 1.54) is 16.4 Å². The maximum atomic E-state index is 12.8. The average molecular weight is 382 g/mol. The Kier molecular flexibility index (Phi) is 4.40. The molecule has 0 bridgehead atoms. The Bertz CT molecular complexity index is 632. The summed E-state index contributed by atoms with van der Waals surface area (Å²) < 4.78 is 27.5. The van der Waals surface area contributed by atoms with Crippen molar-refractivity contribution in [2.24, 2.45) is 5.41 Å². The molecule has 2 rings (SSSR count). The molecule has 0 spiro atoms. The minimum Gasteiger partial charge on any atom is -0.398 e. The first-order chi connectivity index (χ1) is 9.13. The van der Waals surface area contributed by atoms with Crippen LogP contribution in [-0.2, 0) is 10.0 Å². The zero-order valence-electron chi connectivity index (χ0n) is 11.5. The van der Waals surface area contributed by atoms with Crippen LogP contribution in [0.3, 0.4) is 0 Å². The number of sulfonamides is 1. The van der Waals surface area contributed by atoms with Gasteiger partial charge in [0.2, 0.25) is 10.0 Å². The van der Waals surface area contributed by atoms with Gasteiger partial charge in [0, 0.05) is 23.8 Å². The summed E-state index contributed by atoms with van der Waals surface area (Å²) in [5.74, 6) is 0. The van der Waals surface area contributed by atoms with E-state index in [0.717, 1.165) is 12.8 Å². The molecule has 0 radical (unpaired) electrons. The molecule has 0 aliphatic carbocycles. The summed E-state index contributed by atoms with van der Waals surface area (Å²) in [5.41, 5.74) is 6.10. The second kappa shape index (κ2) is 5.48. The van der Waals surface area contributed by atoms with Crippen LogP contribution < -0.4 is 5.73 Å². The van der Waals surface area contributed by atoms with Crippen molar-refractivity contribution in [1.29, 1.82) is 0 Å². The molecular formula is C13H18BrClN2O2S. The van der Waals surface area contributed by atoms with Gasteiger partial charge < -0.3 is 5.73 Å². The van der Waals surface area contributed by atoms with E-state index in [0.29, 0.717) is 28.3 Å². The molecule has 0 unspecified atom stereocenters. The molecule has 1 aromatic rings. The maximum absolute atomic E-state index is 12.8. The summed E-state index contributed by atoms with van der Waals surface area (Å²) in [6.07, 6.45) is 1.89. The topological polar surface area (TPSA) is 63.4 Å². The zero-order chi connectivity index (χ0) is 15.1. The molecule has 0 amide bonds. The van der Waals surface area contributed by atoms with Gasteiger partial charge in [-0.2, -0.15) is 4.31 Å². The third-order valence-corrected chi connectivity index (χ3v) is 6.75. The fourth-order valence-electron chi connectivity index (χ4n) is 2.49. The van der Waals surface area contributed by atoms with Crippen molar-refractivity contribution in [3.8, 4) is 0 Å². The van der Waals surface area contributed by atoms with Gasteiger partial charge in [0.25, 0.3) is 0 Å². The molecule has 2 N–H and O–H groups in total. The number of hydrogen-bond donors (Lipinski definition) is 1. The van der Waals surface area contributed by atoms with Gasteiger partial charge in [0.05, 0.1) is 9.37 Å². The lowest BCUT2D eigenvalue weighted by Gasteiger charge is -2.37. The zero-order valence-corrected chi connectivity index (χ0v) is 14.6. The molecule has 112 valence electrons. The Morgan fingerprint density at radius 3 is 2.65 bits per heavy atom. The molecule has 20 heavy (non-hydrogen) atoms. The number of halogens is 2. The molecule has 4 nitrogen and oxygen atoms in total. The highest BCUT2D eigenvalue weighted by molar-refractivity contribution is 9.10. The van der Waals surface area contributed by atoms with Gasteiger partial charge >= 0.3 is 0 Å². The van der Waals surface area contributed by atoms with Crippen LogP contribution in [0.4, 0.5) is 5.69 Å². The molecule has 1 saturated heterocycles. The minimum atomic E-state index is -3.59. The summed E-state index contributed by atoms with van der Waals surface area (Å²) in [7, 11) is -3.59. The summed E-state index contributed by atoms with van der Waals surface area (Å²) in [6, 6.07) is 2.98. The number of benzene rings is 1. The van der Waals surface area contributed by atoms with Crippen LogP contribution in [0.25, 0.3) is 0 Å². The van der Waals surface area contributed by atoms with E-state index in [4.69, 9.17) is 17.3 Å². The standard InChI is InChI=1S/C13H18BrClN2O2S/c1-13(2)4-3-5-17(8-13)20(18,19)11-7-9(15)6-10(16)12(11)14/h6-7H,3-5,8,16H2,1-2H3. The highest BCUT2D eigenvalue weighted by atomic mass is 79.9. The van der Waals surface area contributed by atoms with Crippen molar-refractivity contribution in [3.63, 3.8) is 0 Å². The predicted molar refractivity (Wildman–Crippen MR) is 85.3 cm³/mol. The Balaban J connectivity index is 2.46. The van der Waals surface area contributed by atoms with Crippen LogP contribution in [0.2, 0.25) is 5.02 Å². The Hall–Kier alpha value is -0.300. The van der Waals surface area contributed by atoms with E-state index in [1.807, 2.05) is 0 Å². The molecule has 7 heteroatoms. The summed E-state index contributed by atoms with van der Waals surface area (Å²) in [5, 5.41) is 0.320. The lowest BCUT2D eigenvalue weighted by Crippen LogP contribution is -2.43. The average Bonchev–Trinajstić information content (AvgIpc) is 2.32. The Morgan fingerprint density at radius 2 is 2.05 bits per heavy atom. The van der Waals surface area contributed by atoms with Crippen LogP contribution in [0, 0.1) is 5.41 Å². The van der Waals surface area contributed by atoms with Crippen LogP contribution in [0.15, 0.2) is 21.5 Å². The number of nitrogen functional groups attached to an aromatic ring is 1. The third kappa shape index (κ3) is 3.13. The molecule has 1 heterocycles. The van der Waals surface area contributed by atoms with Crippen molar-refractivity contribution in [1.82, 2.24) is 4.31 Å². The maximum Gasteiger partial charge on any atom is 0.244 e. The highest BCUT2D eigenvalue weighted by Gasteiger charge is 2.35. The number of nitrogens with zero attached hydrogens (tertiary/aromatic N) is 1. The molecular weight excluding hydrogens is 364 g/mol. The van der Waals surface area contributed by atoms with E-state index >= 15 is 0 Å². The molecule has 0 atom stereocenters. The summed E-state index contributed by atoms with van der Waals surface area (Å²) >= 11 is 9.20. The second-order valence-corrected chi connectivity index (χ2v) is 9.05. The van der Waals surface area contributed by atoms with Crippen molar-refractivity contribution in [2.45, 2.75) is 31.6 Å². The van der Waals surface area contributed by atoms with Gasteiger partial charge in [-0.25, -0.2) is 8.42 Å². The first kappa shape index (κ1) is 16.1. The van der Waals surface area contributed by atoms with E-state index in [2.05, 4.69) is 29.8 Å². The first-order valence-electron chi connectivity index (χ1n) is 6.38. The van der Waals surface area contributed by atoms with Crippen LogP contribution in [-0.4, -0.2) is 25.8 Å². The monoisotopic (exact) mass is 380 g/mol. The smallest absolute Gasteiger partial charge is 0.244 e.